The van der Waals surface area contributed by atoms with Crippen LogP contribution in [-0.2, 0) is 4.74 Å². The lowest BCUT2D eigenvalue weighted by Gasteiger charge is -2.13. The van der Waals surface area contributed by atoms with Crippen molar-refractivity contribution in [3.63, 3.8) is 0 Å². The summed E-state index contributed by atoms with van der Waals surface area (Å²) in [5, 5.41) is 3.10. The van der Waals surface area contributed by atoms with Crippen LogP contribution in [0.2, 0.25) is 0 Å². The number of benzene rings is 1. The smallest absolute Gasteiger partial charge is 0.0983 e. The summed E-state index contributed by atoms with van der Waals surface area (Å²) in [6.45, 7) is 0.509. The van der Waals surface area contributed by atoms with Crippen LogP contribution >= 0.6 is 0 Å². The van der Waals surface area contributed by atoms with Crippen molar-refractivity contribution in [2.75, 3.05) is 19.0 Å². The molecule has 0 fully saturated rings. The minimum absolute atomic E-state index is 0.141. The minimum atomic E-state index is -0.141. The van der Waals surface area contributed by atoms with Crippen molar-refractivity contribution < 1.29 is 4.74 Å². The van der Waals surface area contributed by atoms with Crippen molar-refractivity contribution in [1.82, 2.24) is 0 Å². The van der Waals surface area contributed by atoms with Crippen molar-refractivity contribution in [1.29, 1.82) is 0 Å². The summed E-state index contributed by atoms with van der Waals surface area (Å²) < 4.78 is 4.89. The fourth-order valence-corrected chi connectivity index (χ4v) is 0.970. The van der Waals surface area contributed by atoms with Crippen LogP contribution in [0.25, 0.3) is 0 Å². The first-order valence-corrected chi connectivity index (χ1v) is 3.89. The highest BCUT2D eigenvalue weighted by Crippen LogP contribution is 2.04. The van der Waals surface area contributed by atoms with Gasteiger partial charge in [-0.2, -0.15) is 0 Å². The highest BCUT2D eigenvalue weighted by Gasteiger charge is 1.98. The number of hydrogen-bond acceptors (Lipinski definition) is 3. The SMILES string of the molecule is COCC(N)Nc1ccccc1. The van der Waals surface area contributed by atoms with Gasteiger partial charge in [0, 0.05) is 12.8 Å². The van der Waals surface area contributed by atoms with E-state index in [1.807, 2.05) is 30.3 Å². The van der Waals surface area contributed by atoms with E-state index in [1.54, 1.807) is 7.11 Å². The van der Waals surface area contributed by atoms with Crippen LogP contribution in [0.3, 0.4) is 0 Å². The van der Waals surface area contributed by atoms with Gasteiger partial charge in [-0.15, -0.1) is 0 Å². The highest BCUT2D eigenvalue weighted by molar-refractivity contribution is 5.43. The molecule has 1 unspecified atom stereocenters. The van der Waals surface area contributed by atoms with E-state index in [1.165, 1.54) is 0 Å². The first kappa shape index (κ1) is 9.03. The molecule has 3 N–H and O–H groups in total. The molecule has 1 aromatic carbocycles. The van der Waals surface area contributed by atoms with Gasteiger partial charge < -0.3 is 15.8 Å². The van der Waals surface area contributed by atoms with Gasteiger partial charge in [0.2, 0.25) is 0 Å². The highest BCUT2D eigenvalue weighted by atomic mass is 16.5. The first-order valence-electron chi connectivity index (χ1n) is 3.89. The van der Waals surface area contributed by atoms with E-state index in [0.29, 0.717) is 6.61 Å². The monoisotopic (exact) mass is 166 g/mol. The maximum Gasteiger partial charge on any atom is 0.0983 e. The van der Waals surface area contributed by atoms with Crippen LogP contribution in [-0.4, -0.2) is 19.9 Å². The Morgan fingerprint density at radius 1 is 1.42 bits per heavy atom. The molecule has 0 amide bonds. The van der Waals surface area contributed by atoms with Crippen LogP contribution in [0.4, 0.5) is 5.69 Å². The van der Waals surface area contributed by atoms with Gasteiger partial charge in [0.1, 0.15) is 0 Å². The van der Waals surface area contributed by atoms with Crippen LogP contribution in [0.15, 0.2) is 30.3 Å². The third-order valence-corrected chi connectivity index (χ3v) is 1.47. The Bertz CT molecular complexity index is 213. The first-order chi connectivity index (χ1) is 5.83. The fourth-order valence-electron chi connectivity index (χ4n) is 0.970. The molecule has 1 rings (SSSR count). The molecule has 3 nitrogen and oxygen atoms in total. The topological polar surface area (TPSA) is 47.3 Å². The molecule has 0 radical (unpaired) electrons. The van der Waals surface area contributed by atoms with E-state index < -0.39 is 0 Å². The van der Waals surface area contributed by atoms with Gasteiger partial charge >= 0.3 is 0 Å². The molecule has 66 valence electrons. The van der Waals surface area contributed by atoms with Crippen molar-refractivity contribution in [2.24, 2.45) is 5.73 Å². The molecule has 1 atom stereocenters. The zero-order valence-corrected chi connectivity index (χ0v) is 7.16. The van der Waals surface area contributed by atoms with E-state index in [2.05, 4.69) is 5.32 Å². The summed E-state index contributed by atoms with van der Waals surface area (Å²) in [7, 11) is 1.63. The standard InChI is InChI=1S/C9H14N2O/c1-12-7-9(10)11-8-5-3-2-4-6-8/h2-6,9,11H,7,10H2,1H3. The van der Waals surface area contributed by atoms with Crippen LogP contribution < -0.4 is 11.1 Å². The molecule has 0 saturated carbocycles. The Hall–Kier alpha value is -1.06. The summed E-state index contributed by atoms with van der Waals surface area (Å²) in [6.07, 6.45) is -0.141. The fraction of sp³-hybridized carbons (Fsp3) is 0.333. The largest absolute Gasteiger partial charge is 0.381 e. The molecule has 0 spiro atoms. The van der Waals surface area contributed by atoms with Crippen molar-refractivity contribution in [2.45, 2.75) is 6.17 Å². The van der Waals surface area contributed by atoms with Crippen LogP contribution in [0.1, 0.15) is 0 Å². The van der Waals surface area contributed by atoms with E-state index >= 15 is 0 Å². The summed E-state index contributed by atoms with van der Waals surface area (Å²) in [6, 6.07) is 9.82. The number of methoxy groups -OCH3 is 1. The number of nitrogens with two attached hydrogens (primary N) is 1. The summed E-state index contributed by atoms with van der Waals surface area (Å²) in [5.41, 5.74) is 6.70. The molecule has 0 bridgehead atoms. The van der Waals surface area contributed by atoms with Gasteiger partial charge in [-0.05, 0) is 12.1 Å². The number of nitrogens with one attached hydrogen (secondary N) is 1. The van der Waals surface area contributed by atoms with Gasteiger partial charge in [0.05, 0.1) is 12.8 Å². The molecule has 1 aromatic rings. The van der Waals surface area contributed by atoms with Crippen molar-refractivity contribution >= 4 is 5.69 Å². The second-order valence-corrected chi connectivity index (χ2v) is 2.57. The van der Waals surface area contributed by atoms with Crippen molar-refractivity contribution in [3.05, 3.63) is 30.3 Å². The quantitative estimate of drug-likeness (QED) is 0.657. The van der Waals surface area contributed by atoms with E-state index in [9.17, 15) is 0 Å². The predicted molar refractivity (Wildman–Crippen MR) is 49.9 cm³/mol. The lowest BCUT2D eigenvalue weighted by atomic mass is 10.3. The Kier molecular flexibility index (Phi) is 3.57. The minimum Gasteiger partial charge on any atom is -0.381 e. The molecule has 0 aromatic heterocycles. The maximum absolute atomic E-state index is 5.68. The van der Waals surface area contributed by atoms with E-state index in [0.717, 1.165) is 5.69 Å². The molecule has 0 aliphatic heterocycles. The maximum atomic E-state index is 5.68. The second-order valence-electron chi connectivity index (χ2n) is 2.57. The normalized spacial score (nSPS) is 12.5. The molecule has 0 heterocycles. The molecule has 0 aliphatic carbocycles. The zero-order valence-electron chi connectivity index (χ0n) is 7.16. The third kappa shape index (κ3) is 2.90. The second kappa shape index (κ2) is 4.74. The number of anilines is 1. The molecule has 3 heteroatoms. The lowest BCUT2D eigenvalue weighted by Crippen LogP contribution is -2.33. The number of para-hydroxylation sites is 1. The number of rotatable bonds is 4. The molecule has 0 aliphatic rings. The molecule has 12 heavy (non-hydrogen) atoms. The Morgan fingerprint density at radius 2 is 2.08 bits per heavy atom. The predicted octanol–water partition coefficient (Wildman–Crippen LogP) is 1.03. The average Bonchev–Trinajstić information content (AvgIpc) is 2.06. The summed E-state index contributed by atoms with van der Waals surface area (Å²) in [5.74, 6) is 0. The molecular weight excluding hydrogens is 152 g/mol. The van der Waals surface area contributed by atoms with Crippen LogP contribution in [0.5, 0.6) is 0 Å². The zero-order chi connectivity index (χ0) is 8.81. The van der Waals surface area contributed by atoms with Gasteiger partial charge in [0.25, 0.3) is 0 Å². The average molecular weight is 166 g/mol. The van der Waals surface area contributed by atoms with E-state index in [-0.39, 0.29) is 6.17 Å². The molecular formula is C9H14N2O. The molecule has 0 saturated heterocycles. The lowest BCUT2D eigenvalue weighted by molar-refractivity contribution is 0.187. The number of hydrogen-bond donors (Lipinski definition) is 2. The Balaban J connectivity index is 2.41. The third-order valence-electron chi connectivity index (χ3n) is 1.47. The van der Waals surface area contributed by atoms with E-state index in [4.69, 9.17) is 10.5 Å². The van der Waals surface area contributed by atoms with Crippen molar-refractivity contribution in [3.8, 4) is 0 Å². The van der Waals surface area contributed by atoms with Gasteiger partial charge in [0.15, 0.2) is 0 Å². The Morgan fingerprint density at radius 3 is 2.67 bits per heavy atom. The Labute approximate surface area is 72.5 Å². The van der Waals surface area contributed by atoms with Crippen LogP contribution in [0, 0.1) is 0 Å². The summed E-state index contributed by atoms with van der Waals surface area (Å²) in [4.78, 5) is 0. The summed E-state index contributed by atoms with van der Waals surface area (Å²) >= 11 is 0. The van der Waals surface area contributed by atoms with Gasteiger partial charge in [-0.25, -0.2) is 0 Å². The van der Waals surface area contributed by atoms with Gasteiger partial charge in [-0.1, -0.05) is 18.2 Å². The van der Waals surface area contributed by atoms with Gasteiger partial charge in [-0.3, -0.25) is 0 Å². The number of ether oxygens (including phenoxy) is 1.